The Kier molecular flexibility index (Phi) is 32.2. The summed E-state index contributed by atoms with van der Waals surface area (Å²) in [5.74, 6) is -1.13. The van der Waals surface area contributed by atoms with Crippen molar-refractivity contribution in [2.75, 3.05) is 13.2 Å². The van der Waals surface area contributed by atoms with Crippen molar-refractivity contribution in [1.82, 2.24) is 0 Å². The van der Waals surface area contributed by atoms with E-state index in [0.717, 1.165) is 57.8 Å². The molecule has 8 heteroatoms. The molecule has 0 saturated heterocycles. The molecular weight excluding hydrogens is 668 g/mol. The lowest BCUT2D eigenvalue weighted by molar-refractivity contribution is -0.161. The maximum atomic E-state index is 12.5. The average Bonchev–Trinajstić information content (AvgIpc) is 3.42. The summed E-state index contributed by atoms with van der Waals surface area (Å²) >= 11 is 0. The normalized spacial score (nSPS) is 18.5. The fourth-order valence-electron chi connectivity index (χ4n) is 7.51. The zero-order valence-corrected chi connectivity index (χ0v) is 34.3. The van der Waals surface area contributed by atoms with Crippen molar-refractivity contribution in [3.63, 3.8) is 0 Å². The van der Waals surface area contributed by atoms with E-state index in [0.29, 0.717) is 25.7 Å². The minimum Gasteiger partial charge on any atom is -0.462 e. The van der Waals surface area contributed by atoms with Crippen LogP contribution in [0.4, 0.5) is 0 Å². The fourth-order valence-corrected chi connectivity index (χ4v) is 7.51. The Labute approximate surface area is 324 Å². The Morgan fingerprint density at radius 2 is 1.13 bits per heavy atom. The molecule has 0 aromatic heterocycles. The number of aliphatic hydroxyl groups excluding tert-OH is 3. The Morgan fingerprint density at radius 1 is 0.679 bits per heavy atom. The Morgan fingerprint density at radius 3 is 1.64 bits per heavy atom. The number of esters is 2. The van der Waals surface area contributed by atoms with Crippen LogP contribution in [-0.4, -0.2) is 64.6 Å². The third kappa shape index (κ3) is 27.5. The van der Waals surface area contributed by atoms with E-state index in [1.165, 1.54) is 103 Å². The number of Topliss-reactive ketones (excluding diaryl/α,β-unsaturated/α-hetero) is 1. The van der Waals surface area contributed by atoms with Crippen LogP contribution in [0.3, 0.4) is 0 Å². The highest BCUT2D eigenvalue weighted by atomic mass is 16.6. The van der Waals surface area contributed by atoms with Crippen LogP contribution >= 0.6 is 0 Å². The van der Waals surface area contributed by atoms with Crippen LogP contribution in [0, 0.1) is 11.8 Å². The molecule has 0 aromatic carbocycles. The second-order valence-electron chi connectivity index (χ2n) is 15.9. The second-order valence-corrected chi connectivity index (χ2v) is 15.9. The predicted molar refractivity (Wildman–Crippen MR) is 216 cm³/mol. The van der Waals surface area contributed by atoms with Gasteiger partial charge in [0.25, 0.3) is 0 Å². The van der Waals surface area contributed by atoms with Gasteiger partial charge in [0.1, 0.15) is 12.4 Å². The summed E-state index contributed by atoms with van der Waals surface area (Å²) in [4.78, 5) is 37.0. The van der Waals surface area contributed by atoms with Gasteiger partial charge >= 0.3 is 11.9 Å². The van der Waals surface area contributed by atoms with Gasteiger partial charge in [-0.05, 0) is 25.7 Å². The van der Waals surface area contributed by atoms with E-state index >= 15 is 0 Å². The van der Waals surface area contributed by atoms with Crippen molar-refractivity contribution in [3.05, 3.63) is 12.2 Å². The number of carbonyl (C=O) groups is 3. The molecule has 1 rings (SSSR count). The molecule has 1 saturated carbocycles. The van der Waals surface area contributed by atoms with Crippen LogP contribution in [0.1, 0.15) is 213 Å². The highest BCUT2D eigenvalue weighted by molar-refractivity contribution is 5.84. The molecule has 53 heavy (non-hydrogen) atoms. The molecule has 0 aliphatic heterocycles. The third-order valence-corrected chi connectivity index (χ3v) is 11.0. The minimum atomic E-state index is -0.842. The van der Waals surface area contributed by atoms with Crippen molar-refractivity contribution < 1.29 is 39.2 Å². The summed E-state index contributed by atoms with van der Waals surface area (Å²) in [7, 11) is 0. The smallest absolute Gasteiger partial charge is 0.306 e. The first-order chi connectivity index (χ1) is 25.8. The largest absolute Gasteiger partial charge is 0.462 e. The number of hydrogen-bond donors (Lipinski definition) is 3. The number of ketones is 1. The van der Waals surface area contributed by atoms with Crippen LogP contribution in [0.2, 0.25) is 0 Å². The topological polar surface area (TPSA) is 130 Å². The number of unbranched alkanes of at least 4 members (excludes halogenated alkanes) is 23. The molecule has 0 heterocycles. The van der Waals surface area contributed by atoms with Crippen LogP contribution in [0.25, 0.3) is 0 Å². The maximum absolute atomic E-state index is 12.5. The molecule has 1 aliphatic carbocycles. The quantitative estimate of drug-likeness (QED) is 0.0325. The molecule has 310 valence electrons. The van der Waals surface area contributed by atoms with E-state index in [4.69, 9.17) is 9.47 Å². The lowest BCUT2D eigenvalue weighted by atomic mass is 9.88. The van der Waals surface area contributed by atoms with Crippen LogP contribution in [0.15, 0.2) is 12.2 Å². The Bertz CT molecular complexity index is 920. The van der Waals surface area contributed by atoms with Crippen LogP contribution < -0.4 is 0 Å². The number of aliphatic hydroxyl groups is 3. The summed E-state index contributed by atoms with van der Waals surface area (Å²) in [5.41, 5.74) is 0. The summed E-state index contributed by atoms with van der Waals surface area (Å²) in [5, 5.41) is 30.2. The lowest BCUT2D eigenvalue weighted by Crippen LogP contribution is -2.28. The molecule has 0 bridgehead atoms. The van der Waals surface area contributed by atoms with Crippen LogP contribution in [-0.2, 0) is 23.9 Å². The summed E-state index contributed by atoms with van der Waals surface area (Å²) in [6.07, 6.45) is 34.6. The summed E-state index contributed by atoms with van der Waals surface area (Å²) in [6, 6.07) is 0. The van der Waals surface area contributed by atoms with E-state index in [9.17, 15) is 29.7 Å². The molecule has 0 unspecified atom stereocenters. The van der Waals surface area contributed by atoms with Gasteiger partial charge in [0.2, 0.25) is 0 Å². The van der Waals surface area contributed by atoms with Crippen molar-refractivity contribution in [2.45, 2.75) is 231 Å². The monoisotopic (exact) mass is 751 g/mol. The van der Waals surface area contributed by atoms with Gasteiger partial charge in [-0.15, -0.1) is 0 Å². The highest BCUT2D eigenvalue weighted by Crippen LogP contribution is 2.34. The fraction of sp³-hybridized carbons (Fsp3) is 0.889. The second kappa shape index (κ2) is 34.7. The van der Waals surface area contributed by atoms with E-state index in [1.54, 1.807) is 6.08 Å². The number of hydrogen-bond acceptors (Lipinski definition) is 8. The van der Waals surface area contributed by atoms with E-state index in [1.807, 2.05) is 6.08 Å². The summed E-state index contributed by atoms with van der Waals surface area (Å²) in [6.45, 7) is 3.86. The van der Waals surface area contributed by atoms with Gasteiger partial charge in [0.05, 0.1) is 18.8 Å². The first-order valence-electron chi connectivity index (χ1n) is 22.3. The molecule has 1 fully saturated rings. The van der Waals surface area contributed by atoms with E-state index in [2.05, 4.69) is 13.8 Å². The zero-order valence-electron chi connectivity index (χ0n) is 34.3. The maximum Gasteiger partial charge on any atom is 0.306 e. The number of carbonyl (C=O) groups excluding carboxylic acids is 3. The molecule has 0 spiro atoms. The van der Waals surface area contributed by atoms with Gasteiger partial charge in [-0.1, -0.05) is 180 Å². The molecule has 0 aromatic rings. The van der Waals surface area contributed by atoms with Crippen molar-refractivity contribution in [3.8, 4) is 0 Å². The average molecular weight is 751 g/mol. The SMILES string of the molecule is CCCCCCCCCCCCCCCCCCCCCC(=O)O[C@@H](CO)COC(=O)CCCCCC[C@H]1C(=O)C[C@@H](O)[C@@H]1/C=C/[C@@H](O)CCCCC. The van der Waals surface area contributed by atoms with E-state index in [-0.39, 0.29) is 55.6 Å². The molecular formula is C45H82O8. The van der Waals surface area contributed by atoms with Gasteiger partial charge in [-0.25, -0.2) is 0 Å². The first kappa shape index (κ1) is 49.2. The minimum absolute atomic E-state index is 0.0842. The molecule has 1 aliphatic rings. The van der Waals surface area contributed by atoms with Crippen molar-refractivity contribution in [2.24, 2.45) is 11.8 Å². The first-order valence-corrected chi connectivity index (χ1v) is 22.3. The predicted octanol–water partition coefficient (Wildman–Crippen LogP) is 10.7. The van der Waals surface area contributed by atoms with Gasteiger partial charge in [0.15, 0.2) is 6.10 Å². The van der Waals surface area contributed by atoms with Crippen molar-refractivity contribution >= 4 is 17.7 Å². The molecule has 8 nitrogen and oxygen atoms in total. The van der Waals surface area contributed by atoms with E-state index < -0.39 is 18.3 Å². The highest BCUT2D eigenvalue weighted by Gasteiger charge is 2.39. The molecule has 0 amide bonds. The Hall–Kier alpha value is -1.77. The zero-order chi connectivity index (χ0) is 38.8. The number of rotatable bonds is 37. The molecule has 5 atom stereocenters. The summed E-state index contributed by atoms with van der Waals surface area (Å²) < 4.78 is 10.6. The van der Waals surface area contributed by atoms with Gasteiger partial charge in [-0.3, -0.25) is 14.4 Å². The third-order valence-electron chi connectivity index (χ3n) is 11.0. The van der Waals surface area contributed by atoms with Crippen molar-refractivity contribution in [1.29, 1.82) is 0 Å². The molecule has 3 N–H and O–H groups in total. The lowest BCUT2D eigenvalue weighted by Gasteiger charge is -2.18. The van der Waals surface area contributed by atoms with Gasteiger partial charge in [-0.2, -0.15) is 0 Å². The number of ether oxygens (including phenoxy) is 2. The standard InChI is InChI=1S/C45H82O8/c1-3-5-7-8-9-10-11-12-13-14-15-16-17-18-19-20-21-22-28-32-45(51)53-39(36-46)37-52-44(50)31-27-24-23-26-30-40-41(43(49)35-42(40)48)34-33-38(47)29-25-6-4-2/h33-34,38-41,43,46-47,49H,3-32,35-37H2,1-2H3/b34-33+/t38-,39-,40+,41+,43+/m0/s1. The van der Waals surface area contributed by atoms with Gasteiger partial charge < -0.3 is 24.8 Å². The molecule has 0 radical (unpaired) electrons. The van der Waals surface area contributed by atoms with Gasteiger partial charge in [0, 0.05) is 31.1 Å². The van der Waals surface area contributed by atoms with Crippen LogP contribution in [0.5, 0.6) is 0 Å². The Balaban J connectivity index is 2.01.